The number of carbonyl (C=O) groups excluding carboxylic acids is 3. The Balaban J connectivity index is 1.37. The quantitative estimate of drug-likeness (QED) is 0.819. The van der Waals surface area contributed by atoms with Crippen LogP contribution in [0, 0.1) is 5.92 Å². The van der Waals surface area contributed by atoms with Crippen molar-refractivity contribution in [2.75, 3.05) is 35.2 Å². The zero-order valence-corrected chi connectivity index (χ0v) is 17.1. The lowest BCUT2D eigenvalue weighted by Gasteiger charge is -2.32. The molecule has 1 unspecified atom stereocenters. The fourth-order valence-corrected chi connectivity index (χ4v) is 4.15. The first kappa shape index (κ1) is 19.9. The Morgan fingerprint density at radius 2 is 1.77 bits per heavy atom. The second-order valence-electron chi connectivity index (χ2n) is 7.83. The lowest BCUT2D eigenvalue weighted by atomic mass is 9.97. The maximum Gasteiger partial charge on any atom is 0.321 e. The molecule has 0 radical (unpaired) electrons. The molecule has 4 rings (SSSR count). The number of nitrogens with one attached hydrogen (secondary N) is 2. The molecule has 2 aromatic rings. The van der Waals surface area contributed by atoms with Crippen LogP contribution in [0.25, 0.3) is 0 Å². The van der Waals surface area contributed by atoms with Gasteiger partial charge in [-0.1, -0.05) is 18.2 Å². The molecule has 0 spiro atoms. The Morgan fingerprint density at radius 1 is 0.967 bits per heavy atom. The largest absolute Gasteiger partial charge is 0.326 e. The molecule has 2 heterocycles. The molecule has 0 aliphatic carbocycles. The zero-order chi connectivity index (χ0) is 21.1. The molecular weight excluding hydrogens is 380 g/mol. The normalized spacial score (nSPS) is 18.0. The van der Waals surface area contributed by atoms with Crippen molar-refractivity contribution in [3.63, 3.8) is 0 Å². The van der Waals surface area contributed by atoms with Crippen LogP contribution in [-0.2, 0) is 16.0 Å². The van der Waals surface area contributed by atoms with Crippen LogP contribution in [0.15, 0.2) is 48.5 Å². The maximum atomic E-state index is 12.8. The zero-order valence-electron chi connectivity index (χ0n) is 17.1. The van der Waals surface area contributed by atoms with Crippen molar-refractivity contribution in [3.8, 4) is 0 Å². The molecule has 2 N–H and O–H groups in total. The molecule has 0 saturated carbocycles. The second kappa shape index (κ2) is 8.57. The van der Waals surface area contributed by atoms with E-state index >= 15 is 0 Å². The van der Waals surface area contributed by atoms with Gasteiger partial charge < -0.3 is 20.4 Å². The van der Waals surface area contributed by atoms with Crippen molar-refractivity contribution in [2.45, 2.75) is 26.2 Å². The van der Waals surface area contributed by atoms with E-state index in [1.165, 1.54) is 0 Å². The Kier molecular flexibility index (Phi) is 5.70. The topological polar surface area (TPSA) is 81.8 Å². The van der Waals surface area contributed by atoms with E-state index in [0.29, 0.717) is 19.6 Å². The Hall–Kier alpha value is -3.35. The number of hydrogen-bond acceptors (Lipinski definition) is 3. The summed E-state index contributed by atoms with van der Waals surface area (Å²) >= 11 is 0. The van der Waals surface area contributed by atoms with Gasteiger partial charge in [0.15, 0.2) is 0 Å². The van der Waals surface area contributed by atoms with Gasteiger partial charge in [-0.05, 0) is 55.2 Å². The first-order valence-electron chi connectivity index (χ1n) is 10.3. The highest BCUT2D eigenvalue weighted by Crippen LogP contribution is 2.31. The molecule has 1 fully saturated rings. The smallest absolute Gasteiger partial charge is 0.321 e. The number of likely N-dealkylation sites (tertiary alicyclic amines) is 1. The maximum absolute atomic E-state index is 12.8. The lowest BCUT2D eigenvalue weighted by molar-refractivity contribution is -0.121. The molecule has 30 heavy (non-hydrogen) atoms. The number of piperidine rings is 1. The predicted octanol–water partition coefficient (Wildman–Crippen LogP) is 3.48. The molecule has 2 aliphatic rings. The second-order valence-corrected chi connectivity index (χ2v) is 7.83. The van der Waals surface area contributed by atoms with E-state index in [2.05, 4.69) is 10.6 Å². The van der Waals surface area contributed by atoms with Crippen molar-refractivity contribution < 1.29 is 14.4 Å². The summed E-state index contributed by atoms with van der Waals surface area (Å²) in [5, 5.41) is 5.88. The van der Waals surface area contributed by atoms with Crippen molar-refractivity contribution in [3.05, 3.63) is 54.1 Å². The average Bonchev–Trinajstić information content (AvgIpc) is 3.18. The van der Waals surface area contributed by atoms with Crippen LogP contribution in [0.5, 0.6) is 0 Å². The average molecular weight is 406 g/mol. The molecule has 1 atom stereocenters. The summed E-state index contributed by atoms with van der Waals surface area (Å²) in [5.74, 6) is -0.294. The summed E-state index contributed by atoms with van der Waals surface area (Å²) in [7, 11) is 0. The minimum absolute atomic E-state index is 0.0293. The van der Waals surface area contributed by atoms with Gasteiger partial charge in [0.05, 0.1) is 5.92 Å². The number of anilines is 3. The molecule has 7 nitrogen and oxygen atoms in total. The highest BCUT2D eigenvalue weighted by molar-refractivity contribution is 5.96. The summed E-state index contributed by atoms with van der Waals surface area (Å²) in [6.07, 6.45) is 2.33. The van der Waals surface area contributed by atoms with E-state index in [1.807, 2.05) is 48.5 Å². The van der Waals surface area contributed by atoms with Gasteiger partial charge in [-0.15, -0.1) is 0 Å². The summed E-state index contributed by atoms with van der Waals surface area (Å²) in [6.45, 7) is 3.28. The van der Waals surface area contributed by atoms with Gasteiger partial charge in [-0.25, -0.2) is 4.79 Å². The monoisotopic (exact) mass is 406 g/mol. The van der Waals surface area contributed by atoms with Gasteiger partial charge in [0.2, 0.25) is 11.8 Å². The van der Waals surface area contributed by atoms with Crippen LogP contribution in [0.1, 0.15) is 25.3 Å². The Morgan fingerprint density at radius 3 is 2.53 bits per heavy atom. The van der Waals surface area contributed by atoms with E-state index in [1.54, 1.807) is 16.7 Å². The van der Waals surface area contributed by atoms with E-state index in [0.717, 1.165) is 41.9 Å². The molecule has 4 amide bonds. The van der Waals surface area contributed by atoms with Crippen LogP contribution in [0.4, 0.5) is 21.9 Å². The predicted molar refractivity (Wildman–Crippen MR) is 117 cm³/mol. The number of para-hydroxylation sites is 1. The van der Waals surface area contributed by atoms with E-state index in [4.69, 9.17) is 0 Å². The van der Waals surface area contributed by atoms with Crippen molar-refractivity contribution >= 4 is 34.9 Å². The van der Waals surface area contributed by atoms with E-state index in [-0.39, 0.29) is 23.8 Å². The van der Waals surface area contributed by atoms with Gasteiger partial charge in [-0.2, -0.15) is 0 Å². The van der Waals surface area contributed by atoms with Gasteiger partial charge in [0, 0.05) is 43.6 Å². The lowest BCUT2D eigenvalue weighted by Crippen LogP contribution is -2.45. The highest BCUT2D eigenvalue weighted by atomic mass is 16.2. The molecule has 0 bridgehead atoms. The molecule has 1 saturated heterocycles. The summed E-state index contributed by atoms with van der Waals surface area (Å²) < 4.78 is 0. The van der Waals surface area contributed by atoms with E-state index in [9.17, 15) is 14.4 Å². The molecular formula is C23H26N4O3. The Bertz CT molecular complexity index is 960. The summed E-state index contributed by atoms with van der Waals surface area (Å²) in [6, 6.07) is 14.8. The van der Waals surface area contributed by atoms with Gasteiger partial charge in [-0.3, -0.25) is 9.59 Å². The first-order valence-corrected chi connectivity index (χ1v) is 10.3. The number of amides is 4. The van der Waals surface area contributed by atoms with Crippen LogP contribution >= 0.6 is 0 Å². The van der Waals surface area contributed by atoms with Gasteiger partial charge in [0.1, 0.15) is 0 Å². The third-order valence-electron chi connectivity index (χ3n) is 5.73. The fraction of sp³-hybridized carbons (Fsp3) is 0.348. The third-order valence-corrected chi connectivity index (χ3v) is 5.73. The number of benzene rings is 2. The number of carbonyl (C=O) groups is 3. The van der Waals surface area contributed by atoms with Crippen molar-refractivity contribution in [2.24, 2.45) is 5.92 Å². The summed E-state index contributed by atoms with van der Waals surface area (Å²) in [4.78, 5) is 40.5. The minimum atomic E-state index is -0.248. The highest BCUT2D eigenvalue weighted by Gasteiger charge is 2.29. The number of urea groups is 1. The van der Waals surface area contributed by atoms with Crippen molar-refractivity contribution in [1.82, 2.24) is 4.90 Å². The van der Waals surface area contributed by atoms with Crippen LogP contribution < -0.4 is 15.5 Å². The number of fused-ring (bicyclic) bond motifs is 1. The van der Waals surface area contributed by atoms with Crippen LogP contribution in [0.2, 0.25) is 0 Å². The standard InChI is InChI=1S/C23H26N4O3/c1-16(28)27-13-11-17-14-20(9-10-21(17)27)24-22(29)18-6-5-12-26(15-18)23(30)25-19-7-3-2-4-8-19/h2-4,7-10,14,18H,5-6,11-13,15H2,1H3,(H,24,29)(H,25,30). The molecule has 2 aliphatic heterocycles. The van der Waals surface area contributed by atoms with Crippen molar-refractivity contribution in [1.29, 1.82) is 0 Å². The SMILES string of the molecule is CC(=O)N1CCc2cc(NC(=O)C3CCCN(C(=O)Nc4ccccc4)C3)ccc21. The first-order chi connectivity index (χ1) is 14.5. The molecule has 0 aromatic heterocycles. The summed E-state index contributed by atoms with van der Waals surface area (Å²) in [5.41, 5.74) is 3.46. The Labute approximate surface area is 176 Å². The third kappa shape index (κ3) is 4.30. The van der Waals surface area contributed by atoms with E-state index < -0.39 is 0 Å². The number of rotatable bonds is 3. The van der Waals surface area contributed by atoms with Gasteiger partial charge in [0.25, 0.3) is 0 Å². The molecule has 156 valence electrons. The minimum Gasteiger partial charge on any atom is -0.326 e. The number of hydrogen-bond donors (Lipinski definition) is 2. The molecule has 7 heteroatoms. The fourth-order valence-electron chi connectivity index (χ4n) is 4.15. The van der Waals surface area contributed by atoms with Crippen LogP contribution in [-0.4, -0.2) is 42.4 Å². The van der Waals surface area contributed by atoms with Gasteiger partial charge >= 0.3 is 6.03 Å². The number of nitrogens with zero attached hydrogens (tertiary/aromatic N) is 2. The van der Waals surface area contributed by atoms with Crippen LogP contribution in [0.3, 0.4) is 0 Å². The molecule has 2 aromatic carbocycles.